The van der Waals surface area contributed by atoms with Crippen LogP contribution in [0.1, 0.15) is 17.3 Å². The quantitative estimate of drug-likeness (QED) is 0.823. The fourth-order valence-corrected chi connectivity index (χ4v) is 4.81. The summed E-state index contributed by atoms with van der Waals surface area (Å²) in [5, 5.41) is 8.52. The second-order valence-electron chi connectivity index (χ2n) is 4.13. The zero-order valence-electron chi connectivity index (χ0n) is 10.8. The van der Waals surface area contributed by atoms with Gasteiger partial charge in [-0.2, -0.15) is 0 Å². The van der Waals surface area contributed by atoms with E-state index < -0.39 is 53.4 Å². The lowest BCUT2D eigenvalue weighted by Crippen LogP contribution is -2.20. The number of hydrogen-bond acceptors (Lipinski definition) is 5. The summed E-state index contributed by atoms with van der Waals surface area (Å²) in [4.78, 5) is 9.91. The number of benzene rings is 1. The summed E-state index contributed by atoms with van der Waals surface area (Å²) in [5.74, 6) is -4.91. The molecule has 0 spiro atoms. The minimum Gasteiger partial charge on any atom is -0.478 e. The van der Waals surface area contributed by atoms with E-state index in [2.05, 4.69) is 0 Å². The molecule has 0 aliphatic carbocycles. The minimum atomic E-state index is -4.31. The van der Waals surface area contributed by atoms with E-state index in [-0.39, 0.29) is 10.8 Å². The lowest BCUT2D eigenvalue weighted by molar-refractivity contribution is 0.0691. The molecule has 0 radical (unpaired) electrons. The van der Waals surface area contributed by atoms with Crippen molar-refractivity contribution < 1.29 is 31.1 Å². The Hall–Kier alpha value is -1.19. The van der Waals surface area contributed by atoms with Crippen molar-refractivity contribution in [1.29, 1.82) is 0 Å². The van der Waals surface area contributed by atoms with E-state index >= 15 is 0 Å². The van der Waals surface area contributed by atoms with E-state index in [1.54, 1.807) is 0 Å². The predicted molar refractivity (Wildman–Crippen MR) is 74.7 cm³/mol. The monoisotopic (exact) mass is 358 g/mol. The third-order valence-corrected chi connectivity index (χ3v) is 6.56. The molecule has 0 aromatic heterocycles. The molecule has 10 heteroatoms. The third kappa shape index (κ3) is 4.39. The van der Waals surface area contributed by atoms with E-state index in [0.717, 1.165) is 12.1 Å². The van der Waals surface area contributed by atoms with Crippen molar-refractivity contribution in [2.45, 2.75) is 11.8 Å². The summed E-state index contributed by atoms with van der Waals surface area (Å²) in [6.45, 7) is 1.35. The molecule has 1 rings (SSSR count). The van der Waals surface area contributed by atoms with Crippen molar-refractivity contribution in [3.63, 3.8) is 0 Å². The number of carboxylic acid groups (broad SMARTS) is 1. The van der Waals surface area contributed by atoms with Crippen LogP contribution in [0.25, 0.3) is 0 Å². The Kier molecular flexibility index (Phi) is 5.35. The van der Waals surface area contributed by atoms with E-state index in [9.17, 15) is 26.0 Å². The van der Waals surface area contributed by atoms with Gasteiger partial charge in [-0.05, 0) is 12.1 Å². The first kappa shape index (κ1) is 17.9. The highest BCUT2D eigenvalue weighted by Crippen LogP contribution is 2.25. The lowest BCUT2D eigenvalue weighted by Gasteiger charge is -2.08. The van der Waals surface area contributed by atoms with Crippen LogP contribution in [0.2, 0.25) is 5.02 Å². The van der Waals surface area contributed by atoms with Crippen LogP contribution in [0.15, 0.2) is 17.0 Å². The van der Waals surface area contributed by atoms with Gasteiger partial charge in [-0.1, -0.05) is 18.5 Å². The van der Waals surface area contributed by atoms with E-state index in [0.29, 0.717) is 0 Å². The summed E-state index contributed by atoms with van der Waals surface area (Å²) in [6, 6.07) is 1.54. The van der Waals surface area contributed by atoms with Gasteiger partial charge in [0, 0.05) is 10.8 Å². The van der Waals surface area contributed by atoms with Crippen molar-refractivity contribution in [1.82, 2.24) is 0 Å². The summed E-state index contributed by atoms with van der Waals surface area (Å²) in [7, 11) is -7.88. The number of sulfone groups is 2. The molecule has 0 amide bonds. The summed E-state index contributed by atoms with van der Waals surface area (Å²) >= 11 is 5.58. The predicted octanol–water partition coefficient (Wildman–Crippen LogP) is 1.39. The standard InChI is InChI=1S/C11H12ClFO6S2/c1-2-20(16,17)3-4-21(18,19)9-6-7(12)5-8(10(9)13)11(14)15/h5-6H,2-4H2,1H3,(H,14,15). The molecule has 0 bridgehead atoms. The molecule has 0 aliphatic rings. The molecule has 0 fully saturated rings. The fourth-order valence-electron chi connectivity index (χ4n) is 1.44. The van der Waals surface area contributed by atoms with Gasteiger partial charge in [0.05, 0.1) is 17.1 Å². The number of carbonyl (C=O) groups is 1. The molecule has 0 aliphatic heterocycles. The van der Waals surface area contributed by atoms with Crippen molar-refractivity contribution in [2.24, 2.45) is 0 Å². The molecule has 118 valence electrons. The molecule has 0 heterocycles. The van der Waals surface area contributed by atoms with Gasteiger partial charge in [-0.15, -0.1) is 0 Å². The van der Waals surface area contributed by atoms with Crippen LogP contribution in [0.5, 0.6) is 0 Å². The molecular weight excluding hydrogens is 347 g/mol. The first-order chi connectivity index (χ1) is 9.50. The number of halogens is 2. The van der Waals surface area contributed by atoms with Crippen molar-refractivity contribution in [3.05, 3.63) is 28.5 Å². The number of rotatable bonds is 6. The van der Waals surface area contributed by atoms with Gasteiger partial charge in [0.2, 0.25) is 0 Å². The molecule has 0 atom stereocenters. The Morgan fingerprint density at radius 1 is 1.24 bits per heavy atom. The SMILES string of the molecule is CCS(=O)(=O)CCS(=O)(=O)c1cc(Cl)cc(C(=O)O)c1F. The van der Waals surface area contributed by atoms with Gasteiger partial charge in [0.1, 0.15) is 4.90 Å². The van der Waals surface area contributed by atoms with Gasteiger partial charge < -0.3 is 5.11 Å². The van der Waals surface area contributed by atoms with Crippen LogP contribution in [-0.4, -0.2) is 45.2 Å². The average Bonchev–Trinajstić information content (AvgIpc) is 2.38. The Labute approximate surface area is 126 Å². The van der Waals surface area contributed by atoms with Crippen LogP contribution in [0.4, 0.5) is 4.39 Å². The molecule has 0 saturated heterocycles. The van der Waals surface area contributed by atoms with E-state index in [1.807, 2.05) is 0 Å². The van der Waals surface area contributed by atoms with Crippen LogP contribution < -0.4 is 0 Å². The largest absolute Gasteiger partial charge is 0.478 e. The summed E-state index contributed by atoms with van der Waals surface area (Å²) in [6.07, 6.45) is 0. The molecule has 6 nitrogen and oxygen atoms in total. The zero-order valence-corrected chi connectivity index (χ0v) is 13.2. The first-order valence-corrected chi connectivity index (χ1v) is 9.51. The highest BCUT2D eigenvalue weighted by atomic mass is 35.5. The number of aromatic carboxylic acids is 1. The number of hydrogen-bond donors (Lipinski definition) is 1. The van der Waals surface area contributed by atoms with Gasteiger partial charge in [0.15, 0.2) is 25.5 Å². The zero-order chi connectivity index (χ0) is 16.4. The Bertz CT molecular complexity index is 770. The highest BCUT2D eigenvalue weighted by molar-refractivity contribution is 7.95. The summed E-state index contributed by atoms with van der Waals surface area (Å²) < 4.78 is 60.6. The fraction of sp³-hybridized carbons (Fsp3) is 0.364. The van der Waals surface area contributed by atoms with Crippen molar-refractivity contribution in [2.75, 3.05) is 17.3 Å². The Balaban J connectivity index is 3.30. The van der Waals surface area contributed by atoms with Gasteiger partial charge in [-0.3, -0.25) is 0 Å². The first-order valence-electron chi connectivity index (χ1n) is 5.65. The maximum atomic E-state index is 13.9. The highest BCUT2D eigenvalue weighted by Gasteiger charge is 2.26. The Morgan fingerprint density at radius 2 is 1.81 bits per heavy atom. The second kappa shape index (κ2) is 6.29. The summed E-state index contributed by atoms with van der Waals surface area (Å²) in [5.41, 5.74) is -0.889. The van der Waals surface area contributed by atoms with Crippen molar-refractivity contribution >= 4 is 37.2 Å². The van der Waals surface area contributed by atoms with Gasteiger partial charge in [-0.25, -0.2) is 26.0 Å². The maximum absolute atomic E-state index is 13.9. The number of carboxylic acids is 1. The molecule has 0 unspecified atom stereocenters. The lowest BCUT2D eigenvalue weighted by atomic mass is 10.2. The third-order valence-electron chi connectivity index (χ3n) is 2.67. The van der Waals surface area contributed by atoms with Crippen LogP contribution in [0.3, 0.4) is 0 Å². The minimum absolute atomic E-state index is 0.249. The van der Waals surface area contributed by atoms with Crippen molar-refractivity contribution in [3.8, 4) is 0 Å². The smallest absolute Gasteiger partial charge is 0.338 e. The van der Waals surface area contributed by atoms with E-state index in [4.69, 9.17) is 16.7 Å². The Morgan fingerprint density at radius 3 is 2.29 bits per heavy atom. The molecule has 21 heavy (non-hydrogen) atoms. The maximum Gasteiger partial charge on any atom is 0.338 e. The molecule has 0 saturated carbocycles. The molecule has 1 aromatic rings. The molecular formula is C11H12ClFO6S2. The molecule has 1 aromatic carbocycles. The molecule has 1 N–H and O–H groups in total. The van der Waals surface area contributed by atoms with Gasteiger partial charge >= 0.3 is 5.97 Å². The van der Waals surface area contributed by atoms with Crippen LogP contribution in [0, 0.1) is 5.82 Å². The average molecular weight is 359 g/mol. The topological polar surface area (TPSA) is 106 Å². The normalized spacial score (nSPS) is 12.3. The van der Waals surface area contributed by atoms with Crippen LogP contribution in [-0.2, 0) is 19.7 Å². The second-order valence-corrected chi connectivity index (χ2v) is 9.11. The van der Waals surface area contributed by atoms with Gasteiger partial charge in [0.25, 0.3) is 0 Å². The van der Waals surface area contributed by atoms with Crippen LogP contribution >= 0.6 is 11.6 Å². The van der Waals surface area contributed by atoms with E-state index in [1.165, 1.54) is 6.92 Å².